The molecule has 0 spiro atoms. The molecular formula is C95H186N4O14P2. The summed E-state index contributed by atoms with van der Waals surface area (Å²) in [4.78, 5) is 38.1. The maximum atomic E-state index is 13.6. The van der Waals surface area contributed by atoms with Gasteiger partial charge in [-0.2, -0.15) is 0 Å². The summed E-state index contributed by atoms with van der Waals surface area (Å²) >= 11 is 0. The largest absolute Gasteiger partial charge is 0.475 e. The average Bonchev–Trinajstić information content (AvgIpc) is 0.888. The maximum absolute atomic E-state index is 13.6. The number of amides is 3. The molecule has 115 heavy (non-hydrogen) atoms. The lowest BCUT2D eigenvalue weighted by Crippen LogP contribution is -2.41. The molecule has 0 radical (unpaired) electrons. The molecule has 0 fully saturated rings. The van der Waals surface area contributed by atoms with Gasteiger partial charge in [-0.3, -0.25) is 36.7 Å². The van der Waals surface area contributed by atoms with Gasteiger partial charge in [0.2, 0.25) is 11.8 Å². The molecule has 0 aromatic heterocycles. The highest BCUT2D eigenvalue weighted by molar-refractivity contribution is 7.48. The summed E-state index contributed by atoms with van der Waals surface area (Å²) in [6, 6.07) is -1.17. The first-order valence-corrected chi connectivity index (χ1v) is 45.4. The van der Waals surface area contributed by atoms with Crippen molar-refractivity contribution in [3.05, 3.63) is 25.3 Å². The van der Waals surface area contributed by atoms with Crippen LogP contribution in [0.25, 0.3) is 0 Å². The van der Waals surface area contributed by atoms with Gasteiger partial charge < -0.3 is 35.9 Å². The molecule has 5 N–H and O–H groups in total. The first-order chi connectivity index (χ1) is 55.9. The summed E-state index contributed by atoms with van der Waals surface area (Å²) < 4.78 is 77.2. The molecule has 680 valence electrons. The number of rotatable bonds is 69. The van der Waals surface area contributed by atoms with Crippen molar-refractivity contribution in [3.63, 3.8) is 0 Å². The summed E-state index contributed by atoms with van der Waals surface area (Å²) in [5, 5.41) is 8.59. The van der Waals surface area contributed by atoms with Crippen molar-refractivity contribution >= 4 is 33.6 Å². The van der Waals surface area contributed by atoms with E-state index in [-0.39, 0.29) is 109 Å². The molecule has 0 aromatic carbocycles. The van der Waals surface area contributed by atoms with E-state index < -0.39 is 39.4 Å². The molecule has 0 aliphatic rings. The average molecular weight is 1670 g/mol. The maximum Gasteiger partial charge on any atom is 0.475 e. The Balaban J connectivity index is -0.0000000733. The van der Waals surface area contributed by atoms with Crippen LogP contribution in [0.3, 0.4) is 0 Å². The van der Waals surface area contributed by atoms with Gasteiger partial charge in [0.15, 0.2) is 0 Å². The highest BCUT2D eigenvalue weighted by Gasteiger charge is 2.31. The number of carbonyl (C=O) groups is 3. The molecule has 3 amide bonds. The number of nitrogens with one attached hydrogen (secondary N) is 3. The van der Waals surface area contributed by atoms with Gasteiger partial charge in [0, 0.05) is 83.4 Å². The molecule has 0 saturated heterocycles. The highest BCUT2D eigenvalue weighted by atomic mass is 31.2. The smallest absolute Gasteiger partial charge is 0.444 e. The van der Waals surface area contributed by atoms with E-state index in [2.05, 4.69) is 187 Å². The molecule has 0 bridgehead atoms. The first kappa shape index (κ1) is 110. The van der Waals surface area contributed by atoms with Crippen molar-refractivity contribution < 1.29 is 96.3 Å². The van der Waals surface area contributed by atoms with Crippen molar-refractivity contribution in [3.8, 4) is 143 Å². The van der Waals surface area contributed by atoms with Crippen LogP contribution in [-0.2, 0) is 60.1 Å². The van der Waals surface area contributed by atoms with E-state index in [0.717, 1.165) is 77.0 Å². The Morgan fingerprint density at radius 2 is 0.722 bits per heavy atom. The summed E-state index contributed by atoms with van der Waals surface area (Å²) in [6.07, 6.45) is 56.3. The molecule has 20 heteroatoms. The molecule has 18 nitrogen and oxygen atoms in total. The Morgan fingerprint density at radius 1 is 0.409 bits per heavy atom. The van der Waals surface area contributed by atoms with Crippen molar-refractivity contribution in [1.82, 2.24) is 16.0 Å². The third-order valence-corrected chi connectivity index (χ3v) is 20.1. The number of unbranched alkanes of at least 4 members (excludes halogenated alkanes) is 28. The monoisotopic (exact) mass is 1670 g/mol. The minimum absolute atomic E-state index is 0. The van der Waals surface area contributed by atoms with Crippen LogP contribution < -0.4 is 21.7 Å². The molecule has 0 aliphatic heterocycles. The van der Waals surface area contributed by atoms with Crippen molar-refractivity contribution in [2.45, 2.75) is 323 Å². The van der Waals surface area contributed by atoms with Gasteiger partial charge in [-0.05, 0) is 190 Å². The second-order valence-corrected chi connectivity index (χ2v) is 32.1. The fourth-order valence-electron chi connectivity index (χ4n) is 11.1. The normalized spacial score (nSPS) is 12.2. The lowest BCUT2D eigenvalue weighted by molar-refractivity contribution is -0.123. The minimum Gasteiger partial charge on any atom is -0.444 e. The van der Waals surface area contributed by atoms with Gasteiger partial charge in [-0.25, -0.2) is 13.9 Å². The number of terminal acetylenes is 2. The summed E-state index contributed by atoms with van der Waals surface area (Å²) in [6.45, 7) is 22.2. The van der Waals surface area contributed by atoms with Crippen LogP contribution in [0.4, 0.5) is 4.79 Å². The topological polar surface area (TPSA) is 231 Å². The van der Waals surface area contributed by atoms with E-state index in [1.54, 1.807) is 20.8 Å². The lowest BCUT2D eigenvalue weighted by Gasteiger charge is -2.23. The zero-order chi connectivity index (χ0) is 84.8. The standard InChI is InChI=1S/C50H75N2O8P.C45H67N2O6P.22H2/c1-8-12-15-18-20-22-24-26-28-31-34-37-46(36-33-30-17-14-10-3)39-42-56-44-47(52-48(53)38-35-32-29-27-25-23-21-19-16-13-9-2)45-59-61(55,57-41-11-4)58-43-40-51-49(54)60-50(5,6)7;1-5-9-12-15-17-19-21-23-25-28-31-34-43(33-30-27-14-11-7-3)36-39-50-41-44(42-53-54(49,51-38-8-4)52-40-37-46)47-45(48)35-32-29-26-24-22-20-18-16-13-10-6-2;;;;;;;;;;;;;;;;;;;;;;/h1,11,46-47H,4,9-10,13-14,16-17,19,21,23,25,27,29-30,32-33,35-45H2,2-3,5-7H3,(H,51,54)(H,52,53);1,8,43-44H,4,6-7,10-11,13-14,16,18,20,22,24,26-27,29-30,32-42,46H2,2-3H3,(H,47,48);22*1H/t46-,47-,61?;43-,44-,54?;;;;;;;;;;;;;;;;;;;;;;/m11....................../s1. The Labute approximate surface area is 731 Å². The van der Waals surface area contributed by atoms with Crippen LogP contribution in [0, 0.1) is 155 Å². The molecule has 0 saturated carbocycles. The van der Waals surface area contributed by atoms with Crippen LogP contribution in [0.2, 0.25) is 0 Å². The van der Waals surface area contributed by atoms with Gasteiger partial charge in [-0.1, -0.05) is 244 Å². The fourth-order valence-corrected chi connectivity index (χ4v) is 13.5. The van der Waals surface area contributed by atoms with Crippen molar-refractivity contribution in [2.75, 3.05) is 79.2 Å². The van der Waals surface area contributed by atoms with Crippen LogP contribution in [0.15, 0.2) is 25.3 Å². The van der Waals surface area contributed by atoms with E-state index >= 15 is 0 Å². The number of carbonyl (C=O) groups excluding carboxylic acids is 3. The zero-order valence-corrected chi connectivity index (χ0v) is 73.3. The van der Waals surface area contributed by atoms with Gasteiger partial charge in [0.1, 0.15) is 5.60 Å². The first-order valence-electron chi connectivity index (χ1n) is 42.5. The third-order valence-electron chi connectivity index (χ3n) is 17.2. The number of ether oxygens (including phenoxy) is 3. The predicted octanol–water partition coefficient (Wildman–Crippen LogP) is 24.8. The fraction of sp³-hybridized carbons (Fsp3) is 0.674. The van der Waals surface area contributed by atoms with Crippen molar-refractivity contribution in [1.29, 1.82) is 0 Å². The number of hydrogen-bond donors (Lipinski definition) is 4. The quantitative estimate of drug-likeness (QED) is 0.0192. The molecule has 6 atom stereocenters. The SMILES string of the molecule is C#CC#CC#CC#CC#CC#CC[C@@H](CCCCCCC)CCOC[C@H](COP(=O)(OCC=C)OCCN)NC(=O)CCCCCCCCCCCCC.C#CC#CC#CC#CC#CC#CC[C@@H](CCCCCCC)CCOC[C@H](COP(=O)(OCC=C)OCCNC(=O)OC(C)(C)C)NC(=O)CCCCCCCCCCCCC.[HH].[HH].[HH].[HH].[HH].[HH].[HH].[HH].[HH].[HH].[HH].[HH].[HH].[HH].[HH].[HH].[HH].[HH].[HH].[HH].[HH].[HH]. The molecule has 2 unspecified atom stereocenters. The van der Waals surface area contributed by atoms with Crippen LogP contribution in [0.5, 0.6) is 0 Å². The molecule has 0 aliphatic carbocycles. The van der Waals surface area contributed by atoms with Crippen LogP contribution in [0.1, 0.15) is 337 Å². The van der Waals surface area contributed by atoms with Crippen LogP contribution >= 0.6 is 15.6 Å². The zero-order valence-electron chi connectivity index (χ0n) is 71.5. The van der Waals surface area contributed by atoms with E-state index in [0.29, 0.717) is 50.7 Å². The minimum atomic E-state index is -4.11. The number of alkyl carbamates (subject to hydrolysis) is 1. The van der Waals surface area contributed by atoms with Crippen LogP contribution in [-0.4, -0.2) is 115 Å². The molecular weight excluding hydrogens is 1480 g/mol. The Hall–Kier alpha value is -7.49. The second kappa shape index (κ2) is 83.0. The summed E-state index contributed by atoms with van der Waals surface area (Å²) in [7, 11) is -8.03. The third kappa shape index (κ3) is 80.1. The number of nitrogens with two attached hydrogens (primary N) is 1. The van der Waals surface area contributed by atoms with Gasteiger partial charge in [0.05, 0.1) is 64.9 Å². The lowest BCUT2D eigenvalue weighted by atomic mass is 9.94. The number of phosphoric acid groups is 2. The van der Waals surface area contributed by atoms with Gasteiger partial charge in [0.25, 0.3) is 0 Å². The molecule has 0 rings (SSSR count). The molecule has 0 heterocycles. The van der Waals surface area contributed by atoms with E-state index in [9.17, 15) is 23.5 Å². The van der Waals surface area contributed by atoms with Crippen molar-refractivity contribution in [2.24, 2.45) is 17.6 Å². The number of hydrogen-bond acceptors (Lipinski definition) is 15. The Kier molecular flexibility index (Phi) is 79.1. The summed E-state index contributed by atoms with van der Waals surface area (Å²) in [5.74, 6) is 58.1. The number of phosphoric ester groups is 2. The van der Waals surface area contributed by atoms with Gasteiger partial charge in [-0.15, -0.1) is 26.0 Å². The van der Waals surface area contributed by atoms with Gasteiger partial charge >= 0.3 is 21.7 Å². The van der Waals surface area contributed by atoms with E-state index in [4.69, 9.17) is 59.9 Å². The molecule has 0 aromatic rings. The Bertz CT molecular complexity index is 3560. The second-order valence-electron chi connectivity index (χ2n) is 28.8. The van der Waals surface area contributed by atoms with E-state index in [1.165, 1.54) is 166 Å². The summed E-state index contributed by atoms with van der Waals surface area (Å²) in [5.41, 5.74) is 4.88. The van der Waals surface area contributed by atoms with E-state index in [1.807, 2.05) is 0 Å². The predicted molar refractivity (Wildman–Crippen MR) is 516 cm³/mol. The highest BCUT2D eigenvalue weighted by Crippen LogP contribution is 2.50. The Morgan fingerprint density at radius 3 is 1.04 bits per heavy atom.